The number of allylic oxidation sites excluding steroid dienone is 9. The minimum Gasteiger partial charge on any atom is -0.0959 e. The quantitative estimate of drug-likeness (QED) is 0.275. The van der Waals surface area contributed by atoms with Gasteiger partial charge in [0.2, 0.25) is 0 Å². The highest BCUT2D eigenvalue weighted by atomic mass is 14.4. The van der Waals surface area contributed by atoms with Crippen LogP contribution in [0.25, 0.3) is 0 Å². The van der Waals surface area contributed by atoms with E-state index in [4.69, 9.17) is 0 Å². The fourth-order valence-corrected chi connectivity index (χ4v) is 4.40. The lowest BCUT2D eigenvalue weighted by atomic mass is 9.68. The fraction of sp³-hybridized carbons (Fsp3) is 0.697. The van der Waals surface area contributed by atoms with E-state index in [1.54, 1.807) is 22.3 Å². The molecular formula is C33H60. The summed E-state index contributed by atoms with van der Waals surface area (Å²) < 4.78 is 0. The standard InChI is InChI=1S/C14H22.C10H20.C7H12.C2H6/c1-4-14(3)10-13-8-6-5-7-12(13)9-11(14)2;1-5-8-10(7-3)9(4)6-2;1-5-7(4)6(2)3;1-2/h9H,4-8,10H2,1-3H3;6,10H,5,7-8H2,1-4H3;5H,2H2,1,3-4H3;1-2H3/b;9-6+;7-5+;/t;10-;;/m.1../s1. The van der Waals surface area contributed by atoms with Gasteiger partial charge in [-0.2, -0.15) is 0 Å². The van der Waals surface area contributed by atoms with E-state index < -0.39 is 0 Å². The normalized spacial score (nSPS) is 21.2. The van der Waals surface area contributed by atoms with Gasteiger partial charge >= 0.3 is 0 Å². The van der Waals surface area contributed by atoms with Crippen molar-refractivity contribution in [1.82, 2.24) is 0 Å². The van der Waals surface area contributed by atoms with Gasteiger partial charge in [-0.1, -0.05) is 101 Å². The maximum atomic E-state index is 3.76. The molecule has 0 radical (unpaired) electrons. The second-order valence-electron chi connectivity index (χ2n) is 9.93. The first kappa shape index (κ1) is 33.9. The monoisotopic (exact) mass is 456 g/mol. The van der Waals surface area contributed by atoms with E-state index in [2.05, 4.69) is 80.2 Å². The Labute approximate surface area is 210 Å². The number of hydrogen-bond acceptors (Lipinski definition) is 0. The highest BCUT2D eigenvalue weighted by Crippen LogP contribution is 2.45. The zero-order valence-corrected chi connectivity index (χ0v) is 24.9. The van der Waals surface area contributed by atoms with Crippen molar-refractivity contribution in [2.45, 2.75) is 141 Å². The largest absolute Gasteiger partial charge is 0.0959 e. The van der Waals surface area contributed by atoms with Crippen LogP contribution >= 0.6 is 0 Å². The van der Waals surface area contributed by atoms with Crippen LogP contribution in [0.1, 0.15) is 141 Å². The lowest BCUT2D eigenvalue weighted by Gasteiger charge is -2.37. The van der Waals surface area contributed by atoms with Gasteiger partial charge < -0.3 is 0 Å². The van der Waals surface area contributed by atoms with Gasteiger partial charge in [-0.3, -0.25) is 0 Å². The average Bonchev–Trinajstić information content (AvgIpc) is 2.84. The molecule has 0 saturated heterocycles. The Morgan fingerprint density at radius 1 is 1.03 bits per heavy atom. The first-order chi connectivity index (χ1) is 15.6. The predicted octanol–water partition coefficient (Wildman–Crippen LogP) is 12.0. The Hall–Kier alpha value is -1.30. The summed E-state index contributed by atoms with van der Waals surface area (Å²) >= 11 is 0. The molecule has 0 aromatic rings. The van der Waals surface area contributed by atoms with Crippen molar-refractivity contribution in [3.8, 4) is 0 Å². The maximum Gasteiger partial charge on any atom is -0.00812 e. The van der Waals surface area contributed by atoms with Gasteiger partial charge in [-0.25, -0.2) is 0 Å². The molecule has 0 heterocycles. The van der Waals surface area contributed by atoms with E-state index in [0.717, 1.165) is 11.5 Å². The molecule has 0 aromatic heterocycles. The molecule has 1 unspecified atom stereocenters. The summed E-state index contributed by atoms with van der Waals surface area (Å²) in [5.74, 6) is 0.843. The van der Waals surface area contributed by atoms with Crippen LogP contribution < -0.4 is 0 Å². The third-order valence-electron chi connectivity index (χ3n) is 7.69. The molecule has 0 nitrogen and oxygen atoms in total. The van der Waals surface area contributed by atoms with Crippen LogP contribution in [-0.4, -0.2) is 0 Å². The van der Waals surface area contributed by atoms with E-state index in [1.165, 1.54) is 63.4 Å². The molecule has 0 spiro atoms. The molecule has 192 valence electrons. The molecular weight excluding hydrogens is 396 g/mol. The molecule has 0 amide bonds. The van der Waals surface area contributed by atoms with E-state index in [1.807, 2.05) is 27.7 Å². The number of hydrogen-bond donors (Lipinski definition) is 0. The van der Waals surface area contributed by atoms with Crippen molar-refractivity contribution in [1.29, 1.82) is 0 Å². The minimum absolute atomic E-state index is 0.468. The lowest BCUT2D eigenvalue weighted by Crippen LogP contribution is -2.22. The molecule has 0 bridgehead atoms. The molecule has 0 aromatic carbocycles. The first-order valence-electron chi connectivity index (χ1n) is 13.9. The number of rotatable bonds is 6. The van der Waals surface area contributed by atoms with Crippen molar-refractivity contribution in [3.05, 3.63) is 58.2 Å². The zero-order valence-electron chi connectivity index (χ0n) is 24.9. The summed E-state index contributed by atoms with van der Waals surface area (Å²) in [6, 6.07) is 0. The van der Waals surface area contributed by atoms with Crippen LogP contribution in [0, 0.1) is 11.3 Å². The Kier molecular flexibility index (Phi) is 19.6. The molecule has 0 fully saturated rings. The summed E-state index contributed by atoms with van der Waals surface area (Å²) in [6.07, 6.45) is 18.9. The van der Waals surface area contributed by atoms with Crippen LogP contribution in [-0.2, 0) is 0 Å². The molecule has 0 heteroatoms. The summed E-state index contributed by atoms with van der Waals surface area (Å²) in [5, 5.41) is 0. The molecule has 2 atom stereocenters. The highest BCUT2D eigenvalue weighted by molar-refractivity contribution is 5.38. The summed E-state index contributed by atoms with van der Waals surface area (Å²) in [5.41, 5.74) is 9.52. The van der Waals surface area contributed by atoms with Gasteiger partial charge in [-0.15, -0.1) is 0 Å². The van der Waals surface area contributed by atoms with Gasteiger partial charge in [0.25, 0.3) is 0 Å². The second kappa shape index (κ2) is 19.1. The smallest absolute Gasteiger partial charge is 0.00812 e. The van der Waals surface area contributed by atoms with Gasteiger partial charge in [-0.05, 0) is 110 Å². The third-order valence-corrected chi connectivity index (χ3v) is 7.69. The summed E-state index contributed by atoms with van der Waals surface area (Å²) in [7, 11) is 0. The predicted molar refractivity (Wildman–Crippen MR) is 156 cm³/mol. The van der Waals surface area contributed by atoms with Crippen LogP contribution in [0.2, 0.25) is 0 Å². The lowest BCUT2D eigenvalue weighted by molar-refractivity contribution is 0.360. The molecule has 0 N–H and O–H groups in total. The van der Waals surface area contributed by atoms with Gasteiger partial charge in [0, 0.05) is 0 Å². The zero-order chi connectivity index (χ0) is 26.0. The first-order valence-corrected chi connectivity index (χ1v) is 13.9. The Morgan fingerprint density at radius 3 is 2.00 bits per heavy atom. The SMILES string of the molecule is C/C=C(\C)[C@H](CC)CCC.C=C(C)/C(C)=C/C.CC.CCC1(C)CC2=C(C=C1C)CCCC2. The maximum absolute atomic E-state index is 3.76. The van der Waals surface area contributed by atoms with E-state index in [9.17, 15) is 0 Å². The molecule has 33 heavy (non-hydrogen) atoms. The minimum atomic E-state index is 0.468. The second-order valence-corrected chi connectivity index (χ2v) is 9.93. The van der Waals surface area contributed by atoms with E-state index in [0.29, 0.717) is 5.41 Å². The summed E-state index contributed by atoms with van der Waals surface area (Å²) in [6.45, 7) is 29.8. The van der Waals surface area contributed by atoms with E-state index in [-0.39, 0.29) is 0 Å². The van der Waals surface area contributed by atoms with Gasteiger partial charge in [0.15, 0.2) is 0 Å². The van der Waals surface area contributed by atoms with Gasteiger partial charge in [0.1, 0.15) is 0 Å². The van der Waals surface area contributed by atoms with Gasteiger partial charge in [0.05, 0.1) is 0 Å². The van der Waals surface area contributed by atoms with E-state index >= 15 is 0 Å². The van der Waals surface area contributed by atoms with Crippen molar-refractivity contribution < 1.29 is 0 Å². The van der Waals surface area contributed by atoms with Crippen LogP contribution in [0.4, 0.5) is 0 Å². The van der Waals surface area contributed by atoms with Crippen molar-refractivity contribution >= 4 is 0 Å². The molecule has 2 aliphatic rings. The highest BCUT2D eigenvalue weighted by Gasteiger charge is 2.30. The van der Waals surface area contributed by atoms with Crippen LogP contribution in [0.15, 0.2) is 58.2 Å². The summed E-state index contributed by atoms with van der Waals surface area (Å²) in [4.78, 5) is 0. The van der Waals surface area contributed by atoms with Crippen LogP contribution in [0.3, 0.4) is 0 Å². The van der Waals surface area contributed by atoms with Crippen molar-refractivity contribution in [2.75, 3.05) is 0 Å². The Bertz CT molecular complexity index is 664. The third kappa shape index (κ3) is 12.7. The average molecular weight is 457 g/mol. The molecule has 2 rings (SSSR count). The molecule has 2 aliphatic carbocycles. The molecule has 0 aliphatic heterocycles. The fourth-order valence-electron chi connectivity index (χ4n) is 4.40. The Morgan fingerprint density at radius 2 is 1.61 bits per heavy atom. The van der Waals surface area contributed by atoms with Crippen LogP contribution in [0.5, 0.6) is 0 Å². The Balaban J connectivity index is 0. The van der Waals surface area contributed by atoms with Crippen molar-refractivity contribution in [3.63, 3.8) is 0 Å². The molecule has 0 saturated carbocycles. The van der Waals surface area contributed by atoms with Crippen molar-refractivity contribution in [2.24, 2.45) is 11.3 Å². The topological polar surface area (TPSA) is 0 Å².